The molecule has 3 rings (SSSR count). The summed E-state index contributed by atoms with van der Waals surface area (Å²) in [7, 11) is 1.88. The van der Waals surface area contributed by atoms with Gasteiger partial charge in [-0.25, -0.2) is 9.97 Å². The molecule has 0 aliphatic rings. The molecular formula is C15H17N5S. The van der Waals surface area contributed by atoms with Gasteiger partial charge >= 0.3 is 0 Å². The van der Waals surface area contributed by atoms with Crippen LogP contribution in [0.2, 0.25) is 0 Å². The van der Waals surface area contributed by atoms with E-state index in [2.05, 4.69) is 37.9 Å². The highest BCUT2D eigenvalue weighted by Gasteiger charge is 2.04. The molecule has 2 aromatic heterocycles. The van der Waals surface area contributed by atoms with Crippen molar-refractivity contribution in [3.63, 3.8) is 0 Å². The van der Waals surface area contributed by atoms with E-state index in [0.29, 0.717) is 0 Å². The Morgan fingerprint density at radius 3 is 2.86 bits per heavy atom. The Balaban J connectivity index is 1.49. The molecule has 5 nitrogen and oxygen atoms in total. The van der Waals surface area contributed by atoms with Crippen molar-refractivity contribution in [3.05, 3.63) is 52.9 Å². The zero-order valence-corrected chi connectivity index (χ0v) is 12.7. The van der Waals surface area contributed by atoms with Gasteiger partial charge in [-0.15, -0.1) is 11.3 Å². The molecule has 0 spiro atoms. The fourth-order valence-corrected chi connectivity index (χ4v) is 2.80. The number of aromatic nitrogens is 4. The molecule has 2 heterocycles. The second-order valence-electron chi connectivity index (χ2n) is 4.75. The van der Waals surface area contributed by atoms with Crippen molar-refractivity contribution in [1.82, 2.24) is 25.1 Å². The largest absolute Gasteiger partial charge is 0.310 e. The van der Waals surface area contributed by atoms with Crippen molar-refractivity contribution in [3.8, 4) is 11.3 Å². The second kappa shape index (κ2) is 6.60. The van der Waals surface area contributed by atoms with Crippen molar-refractivity contribution in [2.24, 2.45) is 7.05 Å². The molecule has 0 amide bonds. The van der Waals surface area contributed by atoms with Gasteiger partial charge in [-0.2, -0.15) is 5.10 Å². The first-order valence-electron chi connectivity index (χ1n) is 6.86. The lowest BCUT2D eigenvalue weighted by molar-refractivity contribution is 0.659. The minimum atomic E-state index is 0.782. The molecule has 0 saturated carbocycles. The number of rotatable bonds is 6. The standard InChI is InChI=1S/C15H17N5S/c1-20-11-17-14(19-20)7-8-16-9-15-18-13(10-21-15)12-5-3-2-4-6-12/h2-6,10-11,16H,7-9H2,1H3. The fraction of sp³-hybridized carbons (Fsp3) is 0.267. The Hall–Kier alpha value is -2.05. The van der Waals surface area contributed by atoms with E-state index in [9.17, 15) is 0 Å². The van der Waals surface area contributed by atoms with Gasteiger partial charge in [0.2, 0.25) is 0 Å². The summed E-state index contributed by atoms with van der Waals surface area (Å²) in [4.78, 5) is 8.85. The Morgan fingerprint density at radius 1 is 1.24 bits per heavy atom. The first kappa shape index (κ1) is 13.9. The number of aryl methyl sites for hydroxylation is 1. The molecule has 0 bridgehead atoms. The summed E-state index contributed by atoms with van der Waals surface area (Å²) in [5.41, 5.74) is 2.21. The Labute approximate surface area is 127 Å². The monoisotopic (exact) mass is 299 g/mol. The van der Waals surface area contributed by atoms with E-state index in [-0.39, 0.29) is 0 Å². The minimum Gasteiger partial charge on any atom is -0.310 e. The van der Waals surface area contributed by atoms with Crippen LogP contribution in [0.5, 0.6) is 0 Å². The van der Waals surface area contributed by atoms with Gasteiger partial charge in [0.05, 0.1) is 5.69 Å². The number of hydrogen-bond acceptors (Lipinski definition) is 5. The lowest BCUT2D eigenvalue weighted by Gasteiger charge is -2.00. The first-order chi connectivity index (χ1) is 10.3. The number of hydrogen-bond donors (Lipinski definition) is 1. The van der Waals surface area contributed by atoms with Gasteiger partial charge in [0.15, 0.2) is 5.82 Å². The highest BCUT2D eigenvalue weighted by molar-refractivity contribution is 7.09. The fourth-order valence-electron chi connectivity index (χ4n) is 2.03. The van der Waals surface area contributed by atoms with Crippen LogP contribution in [0.3, 0.4) is 0 Å². The molecule has 0 saturated heterocycles. The van der Waals surface area contributed by atoms with Crippen LogP contribution in [0.1, 0.15) is 10.8 Å². The average Bonchev–Trinajstić information content (AvgIpc) is 3.14. The van der Waals surface area contributed by atoms with Gasteiger partial charge in [0.1, 0.15) is 11.3 Å². The predicted molar refractivity (Wildman–Crippen MR) is 84.0 cm³/mol. The number of nitrogens with zero attached hydrogens (tertiary/aromatic N) is 4. The summed E-state index contributed by atoms with van der Waals surface area (Å²) in [5.74, 6) is 0.870. The zero-order chi connectivity index (χ0) is 14.5. The number of thiazole rings is 1. The molecule has 21 heavy (non-hydrogen) atoms. The first-order valence-corrected chi connectivity index (χ1v) is 7.74. The van der Waals surface area contributed by atoms with E-state index in [1.54, 1.807) is 22.3 Å². The molecule has 108 valence electrons. The Kier molecular flexibility index (Phi) is 4.37. The third-order valence-electron chi connectivity index (χ3n) is 3.07. The minimum absolute atomic E-state index is 0.782. The summed E-state index contributed by atoms with van der Waals surface area (Å²) < 4.78 is 1.72. The van der Waals surface area contributed by atoms with E-state index in [4.69, 9.17) is 0 Å². The summed E-state index contributed by atoms with van der Waals surface area (Å²) >= 11 is 1.69. The molecule has 6 heteroatoms. The topological polar surface area (TPSA) is 55.6 Å². The lowest BCUT2D eigenvalue weighted by atomic mass is 10.2. The lowest BCUT2D eigenvalue weighted by Crippen LogP contribution is -2.17. The van der Waals surface area contributed by atoms with Crippen molar-refractivity contribution in [2.75, 3.05) is 6.54 Å². The van der Waals surface area contributed by atoms with E-state index < -0.39 is 0 Å². The quantitative estimate of drug-likeness (QED) is 0.709. The summed E-state index contributed by atoms with van der Waals surface area (Å²) in [6.45, 7) is 1.63. The molecular weight excluding hydrogens is 282 g/mol. The molecule has 0 atom stereocenters. The van der Waals surface area contributed by atoms with Crippen molar-refractivity contribution >= 4 is 11.3 Å². The van der Waals surface area contributed by atoms with Crippen LogP contribution in [0.4, 0.5) is 0 Å². The summed E-state index contributed by atoms with van der Waals surface area (Å²) in [5, 5.41) is 10.8. The Bertz CT molecular complexity index is 689. The van der Waals surface area contributed by atoms with Crippen molar-refractivity contribution in [2.45, 2.75) is 13.0 Å². The van der Waals surface area contributed by atoms with Crippen LogP contribution in [-0.4, -0.2) is 26.3 Å². The third-order valence-corrected chi connectivity index (χ3v) is 3.92. The van der Waals surface area contributed by atoms with Gasteiger partial charge in [0.25, 0.3) is 0 Å². The molecule has 1 aromatic carbocycles. The molecule has 0 aliphatic carbocycles. The predicted octanol–water partition coefficient (Wildman–Crippen LogP) is 2.27. The molecule has 1 N–H and O–H groups in total. The smallest absolute Gasteiger partial charge is 0.151 e. The van der Waals surface area contributed by atoms with Crippen molar-refractivity contribution in [1.29, 1.82) is 0 Å². The SMILES string of the molecule is Cn1cnc(CCNCc2nc(-c3ccccc3)cs2)n1. The van der Waals surface area contributed by atoms with Crippen LogP contribution in [0.15, 0.2) is 42.0 Å². The van der Waals surface area contributed by atoms with Crippen LogP contribution >= 0.6 is 11.3 Å². The van der Waals surface area contributed by atoms with E-state index in [1.807, 2.05) is 25.2 Å². The second-order valence-corrected chi connectivity index (χ2v) is 5.70. The number of nitrogens with one attached hydrogen (secondary N) is 1. The summed E-state index contributed by atoms with van der Waals surface area (Å²) in [6.07, 6.45) is 2.56. The maximum Gasteiger partial charge on any atom is 0.151 e. The van der Waals surface area contributed by atoms with Crippen LogP contribution in [-0.2, 0) is 20.0 Å². The normalized spacial score (nSPS) is 10.9. The van der Waals surface area contributed by atoms with Gasteiger partial charge in [-0.1, -0.05) is 30.3 Å². The van der Waals surface area contributed by atoms with Crippen LogP contribution in [0, 0.1) is 0 Å². The molecule has 0 fully saturated rings. The zero-order valence-electron chi connectivity index (χ0n) is 11.9. The Morgan fingerprint density at radius 2 is 2.10 bits per heavy atom. The molecule has 0 unspecified atom stereocenters. The van der Waals surface area contributed by atoms with Gasteiger partial charge < -0.3 is 5.32 Å². The number of benzene rings is 1. The average molecular weight is 299 g/mol. The van der Waals surface area contributed by atoms with Crippen LogP contribution < -0.4 is 5.32 Å². The maximum atomic E-state index is 4.65. The highest BCUT2D eigenvalue weighted by atomic mass is 32.1. The van der Waals surface area contributed by atoms with E-state index in [1.165, 1.54) is 0 Å². The van der Waals surface area contributed by atoms with Gasteiger partial charge in [-0.3, -0.25) is 4.68 Å². The van der Waals surface area contributed by atoms with E-state index >= 15 is 0 Å². The van der Waals surface area contributed by atoms with Crippen LogP contribution in [0.25, 0.3) is 11.3 Å². The van der Waals surface area contributed by atoms with Crippen molar-refractivity contribution < 1.29 is 0 Å². The molecule has 0 radical (unpaired) electrons. The molecule has 3 aromatic rings. The van der Waals surface area contributed by atoms with Gasteiger partial charge in [0, 0.05) is 37.5 Å². The van der Waals surface area contributed by atoms with Gasteiger partial charge in [-0.05, 0) is 0 Å². The molecule has 0 aliphatic heterocycles. The third kappa shape index (κ3) is 3.74. The summed E-state index contributed by atoms with van der Waals surface area (Å²) in [6, 6.07) is 10.3. The highest BCUT2D eigenvalue weighted by Crippen LogP contribution is 2.21. The maximum absolute atomic E-state index is 4.65. The van der Waals surface area contributed by atoms with E-state index in [0.717, 1.165) is 41.6 Å².